The van der Waals surface area contributed by atoms with Crippen LogP contribution in [0.3, 0.4) is 0 Å². The third kappa shape index (κ3) is 5.60. The highest BCUT2D eigenvalue weighted by Gasteiger charge is 2.17. The molecule has 4 aromatic rings. The maximum absolute atomic E-state index is 12.4. The van der Waals surface area contributed by atoms with Crippen molar-refractivity contribution in [1.82, 2.24) is 25.1 Å². The standard InChI is InChI=1S/C25H27N5O5/c1-16-5-10-20(21(15-16)33-4)35-17(2)25(31)26-13-14-34-23-12-11-22-27-28-24(30(22)29-23)18-6-8-19(32-3)9-7-18/h5-12,15,17H,13-14H2,1-4H3,(H,26,31). The highest BCUT2D eigenvalue weighted by Crippen LogP contribution is 2.28. The molecule has 0 saturated heterocycles. The molecule has 1 unspecified atom stereocenters. The van der Waals surface area contributed by atoms with Crippen molar-refractivity contribution in [3.05, 3.63) is 60.2 Å². The average Bonchev–Trinajstić information content (AvgIpc) is 3.30. The zero-order chi connectivity index (χ0) is 24.8. The zero-order valence-electron chi connectivity index (χ0n) is 20.0. The van der Waals surface area contributed by atoms with Crippen LogP contribution in [0.4, 0.5) is 0 Å². The number of rotatable bonds is 10. The Hall–Kier alpha value is -4.34. The second kappa shape index (κ2) is 10.7. The first-order valence-electron chi connectivity index (χ1n) is 11.1. The van der Waals surface area contributed by atoms with Gasteiger partial charge < -0.3 is 24.3 Å². The molecule has 0 fully saturated rings. The third-order valence-corrected chi connectivity index (χ3v) is 5.23. The van der Waals surface area contributed by atoms with E-state index in [4.69, 9.17) is 18.9 Å². The van der Waals surface area contributed by atoms with Gasteiger partial charge in [-0.1, -0.05) is 6.07 Å². The minimum atomic E-state index is -0.704. The third-order valence-electron chi connectivity index (χ3n) is 5.23. The van der Waals surface area contributed by atoms with E-state index < -0.39 is 6.10 Å². The number of hydrogen-bond donors (Lipinski definition) is 1. The summed E-state index contributed by atoms with van der Waals surface area (Å²) in [6.07, 6.45) is -0.704. The van der Waals surface area contributed by atoms with Crippen LogP contribution in [0, 0.1) is 6.92 Å². The zero-order valence-corrected chi connectivity index (χ0v) is 20.0. The topological polar surface area (TPSA) is 109 Å². The number of ether oxygens (including phenoxy) is 4. The molecular formula is C25H27N5O5. The van der Waals surface area contributed by atoms with Crippen LogP contribution >= 0.6 is 0 Å². The van der Waals surface area contributed by atoms with Gasteiger partial charge in [0, 0.05) is 11.6 Å². The lowest BCUT2D eigenvalue weighted by Gasteiger charge is -2.17. The minimum absolute atomic E-state index is 0.227. The molecule has 0 radical (unpaired) electrons. The number of nitrogens with one attached hydrogen (secondary N) is 1. The van der Waals surface area contributed by atoms with Gasteiger partial charge in [0.1, 0.15) is 12.4 Å². The number of nitrogens with zero attached hydrogens (tertiary/aromatic N) is 4. The number of aryl methyl sites for hydroxylation is 1. The van der Waals surface area contributed by atoms with E-state index >= 15 is 0 Å². The molecule has 0 spiro atoms. The fourth-order valence-corrected chi connectivity index (χ4v) is 3.36. The summed E-state index contributed by atoms with van der Waals surface area (Å²) >= 11 is 0. The van der Waals surface area contributed by atoms with Gasteiger partial charge in [0.05, 0.1) is 20.8 Å². The van der Waals surface area contributed by atoms with E-state index in [9.17, 15) is 4.79 Å². The molecule has 0 saturated carbocycles. The molecule has 1 atom stereocenters. The summed E-state index contributed by atoms with van der Waals surface area (Å²) in [5.74, 6) is 2.54. The molecule has 2 aromatic carbocycles. The highest BCUT2D eigenvalue weighted by atomic mass is 16.5. The van der Waals surface area contributed by atoms with Gasteiger partial charge in [0.25, 0.3) is 5.91 Å². The number of hydrogen-bond acceptors (Lipinski definition) is 8. The monoisotopic (exact) mass is 477 g/mol. The van der Waals surface area contributed by atoms with Crippen LogP contribution in [-0.4, -0.2) is 59.2 Å². The molecule has 4 rings (SSSR count). The summed E-state index contributed by atoms with van der Waals surface area (Å²) in [6, 6.07) is 16.5. The molecule has 1 amide bonds. The molecule has 0 aliphatic heterocycles. The fourth-order valence-electron chi connectivity index (χ4n) is 3.36. The number of methoxy groups -OCH3 is 2. The van der Waals surface area contributed by atoms with Crippen LogP contribution in [0.1, 0.15) is 12.5 Å². The summed E-state index contributed by atoms with van der Waals surface area (Å²) in [6.45, 7) is 4.14. The van der Waals surface area contributed by atoms with E-state index in [2.05, 4.69) is 20.6 Å². The van der Waals surface area contributed by atoms with E-state index in [0.29, 0.717) is 28.9 Å². The van der Waals surface area contributed by atoms with Gasteiger partial charge in [0.15, 0.2) is 29.1 Å². The van der Waals surface area contributed by atoms with Crippen LogP contribution < -0.4 is 24.3 Å². The van der Waals surface area contributed by atoms with Gasteiger partial charge in [0.2, 0.25) is 5.88 Å². The molecule has 2 aromatic heterocycles. The van der Waals surface area contributed by atoms with Crippen molar-refractivity contribution in [3.8, 4) is 34.5 Å². The van der Waals surface area contributed by atoms with Gasteiger partial charge >= 0.3 is 0 Å². The molecule has 35 heavy (non-hydrogen) atoms. The number of carbonyl (C=O) groups excluding carboxylic acids is 1. The smallest absolute Gasteiger partial charge is 0.260 e. The first-order chi connectivity index (χ1) is 17.0. The van der Waals surface area contributed by atoms with E-state index in [0.717, 1.165) is 16.9 Å². The number of fused-ring (bicyclic) bond motifs is 1. The van der Waals surface area contributed by atoms with Crippen molar-refractivity contribution in [2.24, 2.45) is 0 Å². The molecular weight excluding hydrogens is 450 g/mol. The SMILES string of the molecule is COc1ccc(-c2nnc3ccc(OCCNC(=O)C(C)Oc4ccc(C)cc4OC)nn23)cc1. The van der Waals surface area contributed by atoms with Crippen molar-refractivity contribution in [2.45, 2.75) is 20.0 Å². The largest absolute Gasteiger partial charge is 0.497 e. The lowest BCUT2D eigenvalue weighted by atomic mass is 10.2. The van der Waals surface area contributed by atoms with E-state index in [1.165, 1.54) is 0 Å². The molecule has 182 valence electrons. The second-order valence-corrected chi connectivity index (χ2v) is 7.75. The first kappa shape index (κ1) is 23.8. The number of carbonyl (C=O) groups is 1. The van der Waals surface area contributed by atoms with Crippen LogP contribution in [-0.2, 0) is 4.79 Å². The number of benzene rings is 2. The minimum Gasteiger partial charge on any atom is -0.497 e. The fraction of sp³-hybridized carbons (Fsp3) is 0.280. The molecule has 10 heteroatoms. The van der Waals surface area contributed by atoms with Crippen molar-refractivity contribution in [3.63, 3.8) is 0 Å². The molecule has 0 bridgehead atoms. The average molecular weight is 478 g/mol. The van der Waals surface area contributed by atoms with Gasteiger partial charge in [-0.05, 0) is 61.9 Å². The lowest BCUT2D eigenvalue weighted by Crippen LogP contribution is -2.38. The predicted octanol–water partition coefficient (Wildman–Crippen LogP) is 3.08. The summed E-state index contributed by atoms with van der Waals surface area (Å²) in [4.78, 5) is 12.4. The van der Waals surface area contributed by atoms with Crippen LogP contribution in [0.5, 0.6) is 23.1 Å². The van der Waals surface area contributed by atoms with Crippen molar-refractivity contribution in [2.75, 3.05) is 27.4 Å². The van der Waals surface area contributed by atoms with Gasteiger partial charge in [-0.15, -0.1) is 15.3 Å². The molecule has 0 aliphatic rings. The normalized spacial score (nSPS) is 11.7. The van der Waals surface area contributed by atoms with Crippen molar-refractivity contribution >= 4 is 11.6 Å². The Labute approximate surface area is 202 Å². The maximum atomic E-state index is 12.4. The number of aromatic nitrogens is 4. The Morgan fingerprint density at radius 2 is 1.80 bits per heavy atom. The van der Waals surface area contributed by atoms with E-state index in [1.807, 2.05) is 43.3 Å². The van der Waals surface area contributed by atoms with Crippen LogP contribution in [0.2, 0.25) is 0 Å². The van der Waals surface area contributed by atoms with Crippen LogP contribution in [0.15, 0.2) is 54.6 Å². The van der Waals surface area contributed by atoms with Gasteiger partial charge in [-0.25, -0.2) is 0 Å². The summed E-state index contributed by atoms with van der Waals surface area (Å²) in [5, 5.41) is 15.7. The molecule has 2 heterocycles. The predicted molar refractivity (Wildman–Crippen MR) is 129 cm³/mol. The highest BCUT2D eigenvalue weighted by molar-refractivity contribution is 5.80. The quantitative estimate of drug-likeness (QED) is 0.347. The summed E-state index contributed by atoms with van der Waals surface area (Å²) in [7, 11) is 3.18. The molecule has 10 nitrogen and oxygen atoms in total. The number of amides is 1. The van der Waals surface area contributed by atoms with Crippen LogP contribution in [0.25, 0.3) is 17.0 Å². The van der Waals surface area contributed by atoms with E-state index in [-0.39, 0.29) is 19.1 Å². The van der Waals surface area contributed by atoms with Crippen molar-refractivity contribution in [1.29, 1.82) is 0 Å². The Kier molecular flexibility index (Phi) is 7.30. The summed E-state index contributed by atoms with van der Waals surface area (Å²) in [5.41, 5.74) is 2.47. The Morgan fingerprint density at radius 1 is 1.00 bits per heavy atom. The van der Waals surface area contributed by atoms with Gasteiger partial charge in [-0.3, -0.25) is 4.79 Å². The summed E-state index contributed by atoms with van der Waals surface area (Å²) < 4.78 is 23.6. The van der Waals surface area contributed by atoms with Gasteiger partial charge in [-0.2, -0.15) is 4.52 Å². The molecule has 1 N–H and O–H groups in total. The van der Waals surface area contributed by atoms with Crippen molar-refractivity contribution < 1.29 is 23.7 Å². The second-order valence-electron chi connectivity index (χ2n) is 7.75. The molecule has 0 aliphatic carbocycles. The Balaban J connectivity index is 1.32. The first-order valence-corrected chi connectivity index (χ1v) is 11.1. The van der Waals surface area contributed by atoms with E-state index in [1.54, 1.807) is 43.9 Å². The lowest BCUT2D eigenvalue weighted by molar-refractivity contribution is -0.127. The maximum Gasteiger partial charge on any atom is 0.260 e. The Morgan fingerprint density at radius 3 is 2.54 bits per heavy atom. The Bertz CT molecular complexity index is 1310.